The fourth-order valence-corrected chi connectivity index (χ4v) is 3.52. The van der Waals surface area contributed by atoms with Crippen LogP contribution >= 0.6 is 0 Å². The van der Waals surface area contributed by atoms with Gasteiger partial charge < -0.3 is 9.84 Å². The number of pyridine rings is 1. The Balaban J connectivity index is 1.89. The Morgan fingerprint density at radius 1 is 0.839 bits per heavy atom. The molecule has 0 bridgehead atoms. The number of carboxylic acids is 1. The van der Waals surface area contributed by atoms with Crippen molar-refractivity contribution in [2.75, 3.05) is 0 Å². The van der Waals surface area contributed by atoms with Gasteiger partial charge in [0.2, 0.25) is 0 Å². The quantitative estimate of drug-likeness (QED) is 0.395. The number of ether oxygens (including phenoxy) is 1. The highest BCUT2D eigenvalue weighted by Crippen LogP contribution is 2.37. The molecule has 0 aliphatic heterocycles. The molecule has 0 saturated carbocycles. The minimum atomic E-state index is -1.17. The molecule has 4 aromatic rings. The number of nitrogens with zero attached hydrogens (tertiary/aromatic N) is 1. The van der Waals surface area contributed by atoms with E-state index in [1.54, 1.807) is 24.3 Å². The maximum absolute atomic E-state index is 12.3. The number of fused-ring (bicyclic) bond motifs is 1. The number of esters is 1. The molecule has 0 saturated heterocycles. The summed E-state index contributed by atoms with van der Waals surface area (Å²) >= 11 is 0. The van der Waals surface area contributed by atoms with Crippen molar-refractivity contribution in [3.63, 3.8) is 0 Å². The van der Waals surface area contributed by atoms with E-state index in [2.05, 4.69) is 4.98 Å². The molecule has 0 unspecified atom stereocenters. The zero-order valence-electron chi connectivity index (χ0n) is 17.0. The van der Waals surface area contributed by atoms with Crippen LogP contribution < -0.4 is 4.74 Å². The summed E-state index contributed by atoms with van der Waals surface area (Å²) in [4.78, 5) is 29.1. The number of carbonyl (C=O) groups is 2. The summed E-state index contributed by atoms with van der Waals surface area (Å²) in [7, 11) is 0. The molecular weight excluding hydrogens is 390 g/mol. The highest BCUT2D eigenvalue weighted by Gasteiger charge is 2.24. The van der Waals surface area contributed by atoms with Gasteiger partial charge >= 0.3 is 11.9 Å². The molecule has 1 N–H and O–H groups in total. The van der Waals surface area contributed by atoms with Crippen LogP contribution in [0, 0.1) is 0 Å². The second-order valence-corrected chi connectivity index (χ2v) is 7.15. The number of para-hydroxylation sites is 1. The van der Waals surface area contributed by atoms with Crippen LogP contribution in [0.15, 0.2) is 78.9 Å². The van der Waals surface area contributed by atoms with E-state index >= 15 is 0 Å². The van der Waals surface area contributed by atoms with E-state index in [4.69, 9.17) is 4.74 Å². The minimum Gasteiger partial charge on any atom is -0.478 e. The lowest BCUT2D eigenvalue weighted by Gasteiger charge is -2.15. The van der Waals surface area contributed by atoms with Crippen molar-refractivity contribution in [3.05, 3.63) is 84.4 Å². The molecule has 0 aliphatic carbocycles. The fourth-order valence-electron chi connectivity index (χ4n) is 3.52. The lowest BCUT2D eigenvalue weighted by molar-refractivity contribution is -0.134. The van der Waals surface area contributed by atoms with Crippen LogP contribution in [0.1, 0.15) is 30.1 Å². The summed E-state index contributed by atoms with van der Waals surface area (Å²) in [5.41, 5.74) is 3.57. The Morgan fingerprint density at radius 2 is 1.45 bits per heavy atom. The molecule has 0 radical (unpaired) electrons. The molecule has 1 heterocycles. The number of aromatic nitrogens is 1. The summed E-state index contributed by atoms with van der Waals surface area (Å²) in [6.45, 7) is 1.86. The molecule has 154 valence electrons. The van der Waals surface area contributed by atoms with E-state index in [1.807, 2.05) is 61.5 Å². The number of hydrogen-bond donors (Lipinski definition) is 1. The molecule has 0 amide bonds. The van der Waals surface area contributed by atoms with Gasteiger partial charge in [0, 0.05) is 17.4 Å². The summed E-state index contributed by atoms with van der Waals surface area (Å²) in [6, 6.07) is 24.5. The van der Waals surface area contributed by atoms with Crippen LogP contribution in [-0.2, 0) is 4.79 Å². The highest BCUT2D eigenvalue weighted by molar-refractivity contribution is 6.08. The van der Waals surface area contributed by atoms with Crippen molar-refractivity contribution in [1.82, 2.24) is 4.98 Å². The third-order valence-electron chi connectivity index (χ3n) is 5.00. The van der Waals surface area contributed by atoms with E-state index in [9.17, 15) is 14.7 Å². The normalized spacial score (nSPS) is 10.7. The Labute approximate surface area is 180 Å². The summed E-state index contributed by atoms with van der Waals surface area (Å²) in [5, 5.41) is 10.4. The largest absolute Gasteiger partial charge is 0.478 e. The van der Waals surface area contributed by atoms with Crippen LogP contribution in [0.3, 0.4) is 0 Å². The first-order valence-corrected chi connectivity index (χ1v) is 10.1. The number of rotatable bonds is 6. The van der Waals surface area contributed by atoms with Gasteiger partial charge in [0.05, 0.1) is 5.52 Å². The predicted octanol–water partition coefficient (Wildman–Crippen LogP) is 5.97. The van der Waals surface area contributed by atoms with Crippen molar-refractivity contribution >= 4 is 22.8 Å². The van der Waals surface area contributed by atoms with Crippen LogP contribution in [0.2, 0.25) is 0 Å². The summed E-state index contributed by atoms with van der Waals surface area (Å²) in [6.07, 6.45) is 0.793. The van der Waals surface area contributed by atoms with Gasteiger partial charge in [0.15, 0.2) is 5.75 Å². The van der Waals surface area contributed by atoms with Crippen molar-refractivity contribution in [3.8, 4) is 28.1 Å². The third kappa shape index (κ3) is 4.16. The zero-order valence-corrected chi connectivity index (χ0v) is 17.0. The van der Waals surface area contributed by atoms with Crippen molar-refractivity contribution in [2.24, 2.45) is 0 Å². The average Bonchev–Trinajstić information content (AvgIpc) is 2.79. The topological polar surface area (TPSA) is 76.5 Å². The van der Waals surface area contributed by atoms with Crippen molar-refractivity contribution in [1.29, 1.82) is 0 Å². The maximum Gasteiger partial charge on any atom is 0.340 e. The van der Waals surface area contributed by atoms with E-state index in [0.717, 1.165) is 11.1 Å². The first-order chi connectivity index (χ1) is 15.1. The highest BCUT2D eigenvalue weighted by atomic mass is 16.5. The maximum atomic E-state index is 12.3. The molecule has 0 spiro atoms. The molecule has 0 aliphatic rings. The monoisotopic (exact) mass is 411 g/mol. The molecule has 4 rings (SSSR count). The van der Waals surface area contributed by atoms with E-state index < -0.39 is 11.9 Å². The number of aromatic carboxylic acids is 1. The molecule has 5 heteroatoms. The number of carbonyl (C=O) groups excluding carboxylic acids is 1. The van der Waals surface area contributed by atoms with E-state index in [-0.39, 0.29) is 17.7 Å². The molecule has 31 heavy (non-hydrogen) atoms. The van der Waals surface area contributed by atoms with Gasteiger partial charge in [-0.25, -0.2) is 9.78 Å². The first-order valence-electron chi connectivity index (χ1n) is 10.1. The Bertz CT molecular complexity index is 1250. The molecule has 1 aromatic heterocycles. The first kappa shape index (κ1) is 20.3. The second-order valence-electron chi connectivity index (χ2n) is 7.15. The molecule has 0 fully saturated rings. The van der Waals surface area contributed by atoms with E-state index in [0.29, 0.717) is 28.6 Å². The van der Waals surface area contributed by atoms with Crippen molar-refractivity contribution in [2.45, 2.75) is 19.8 Å². The van der Waals surface area contributed by atoms with Gasteiger partial charge in [-0.05, 0) is 23.6 Å². The van der Waals surface area contributed by atoms with Gasteiger partial charge in [-0.3, -0.25) is 4.79 Å². The Hall–Kier alpha value is -3.99. The Morgan fingerprint density at radius 3 is 2.13 bits per heavy atom. The standard InChI is InChI=1S/C26H21NO4/c1-2-8-22(28)31-25-23(26(29)30)20-11-6-7-12-21(20)27-24(25)19-15-13-18(14-16-19)17-9-4-3-5-10-17/h3-7,9-16H,2,8H2,1H3,(H,29,30). The second kappa shape index (κ2) is 8.79. The SMILES string of the molecule is CCCC(=O)Oc1c(-c2ccc(-c3ccccc3)cc2)nc2ccccc2c1C(=O)O. The minimum absolute atomic E-state index is 0.0166. The van der Waals surface area contributed by atoms with Crippen molar-refractivity contribution < 1.29 is 19.4 Å². The van der Waals surface area contributed by atoms with Gasteiger partial charge in [-0.1, -0.05) is 79.7 Å². The number of benzene rings is 3. The smallest absolute Gasteiger partial charge is 0.340 e. The average molecular weight is 411 g/mol. The lowest BCUT2D eigenvalue weighted by atomic mass is 9.99. The summed E-state index contributed by atoms with van der Waals surface area (Å²) < 4.78 is 5.57. The lowest BCUT2D eigenvalue weighted by Crippen LogP contribution is -2.13. The van der Waals surface area contributed by atoms with Crippen LogP contribution in [-0.4, -0.2) is 22.0 Å². The van der Waals surface area contributed by atoms with Gasteiger partial charge in [-0.15, -0.1) is 0 Å². The molecular formula is C26H21NO4. The number of hydrogen-bond acceptors (Lipinski definition) is 4. The fraction of sp³-hybridized carbons (Fsp3) is 0.115. The van der Waals surface area contributed by atoms with Gasteiger partial charge in [0.25, 0.3) is 0 Å². The third-order valence-corrected chi connectivity index (χ3v) is 5.00. The zero-order chi connectivity index (χ0) is 21.8. The molecule has 0 atom stereocenters. The number of carboxylic acid groups (broad SMARTS) is 1. The van der Waals surface area contributed by atoms with Gasteiger partial charge in [-0.2, -0.15) is 0 Å². The van der Waals surface area contributed by atoms with Gasteiger partial charge in [0.1, 0.15) is 11.3 Å². The van der Waals surface area contributed by atoms with Crippen LogP contribution in [0.4, 0.5) is 0 Å². The molecule has 5 nitrogen and oxygen atoms in total. The van der Waals surface area contributed by atoms with Crippen LogP contribution in [0.5, 0.6) is 5.75 Å². The van der Waals surface area contributed by atoms with E-state index in [1.165, 1.54) is 0 Å². The Kier molecular flexibility index (Phi) is 5.76. The predicted molar refractivity (Wildman–Crippen MR) is 120 cm³/mol. The molecule has 3 aromatic carbocycles. The van der Waals surface area contributed by atoms with Crippen LogP contribution in [0.25, 0.3) is 33.3 Å². The summed E-state index contributed by atoms with van der Waals surface area (Å²) in [5.74, 6) is -1.67.